The van der Waals surface area contributed by atoms with E-state index in [1.54, 1.807) is 0 Å². The predicted molar refractivity (Wildman–Crippen MR) is 120 cm³/mol. The van der Waals surface area contributed by atoms with Crippen molar-refractivity contribution in [2.45, 2.75) is 13.8 Å². The Morgan fingerprint density at radius 1 is 0.933 bits per heavy atom. The highest BCUT2D eigenvalue weighted by atomic mass is 127. The van der Waals surface area contributed by atoms with Gasteiger partial charge in [-0.1, -0.05) is 12.1 Å². The fourth-order valence-corrected chi connectivity index (χ4v) is 3.72. The second kappa shape index (κ2) is 9.43. The minimum Gasteiger partial charge on any atom is -1.00 e. The van der Waals surface area contributed by atoms with Crippen LogP contribution in [0.3, 0.4) is 0 Å². The van der Waals surface area contributed by atoms with Crippen LogP contribution in [0.1, 0.15) is 25.1 Å². The molecule has 0 bridgehead atoms. The average molecular weight is 512 g/mol. The first-order chi connectivity index (χ1) is 14.1. The topological polar surface area (TPSA) is 37.3 Å². The minimum absolute atomic E-state index is 0. The zero-order valence-corrected chi connectivity index (χ0v) is 19.6. The molecule has 30 heavy (non-hydrogen) atoms. The number of hydrogen-bond acceptors (Lipinski definition) is 3. The van der Waals surface area contributed by atoms with Crippen LogP contribution in [0, 0.1) is 0 Å². The van der Waals surface area contributed by atoms with Gasteiger partial charge in [-0.05, 0) is 50.3 Å². The summed E-state index contributed by atoms with van der Waals surface area (Å²) in [4.78, 5) is 14.8. The number of benzene rings is 2. The van der Waals surface area contributed by atoms with E-state index >= 15 is 0 Å². The van der Waals surface area contributed by atoms with Crippen LogP contribution in [0.15, 0.2) is 69.9 Å². The van der Waals surface area contributed by atoms with Gasteiger partial charge in [-0.2, -0.15) is 4.57 Å². The van der Waals surface area contributed by atoms with Crippen LogP contribution in [0.2, 0.25) is 0 Å². The number of halogens is 1. The van der Waals surface area contributed by atoms with Gasteiger partial charge in [0.15, 0.2) is 0 Å². The third-order valence-corrected chi connectivity index (χ3v) is 5.43. The molecular formula is C25H25IN2O2. The first-order valence-corrected chi connectivity index (χ1v) is 9.99. The fraction of sp³-hybridized carbons (Fsp3) is 0.200. The molecule has 0 saturated carbocycles. The van der Waals surface area contributed by atoms with Crippen LogP contribution in [0.5, 0.6) is 0 Å². The van der Waals surface area contributed by atoms with Crippen molar-refractivity contribution >= 4 is 39.7 Å². The maximum absolute atomic E-state index is 12.5. The molecule has 154 valence electrons. The van der Waals surface area contributed by atoms with Crippen molar-refractivity contribution in [3.05, 3.63) is 82.3 Å². The summed E-state index contributed by atoms with van der Waals surface area (Å²) in [6.07, 6.45) is 3.78. The first kappa shape index (κ1) is 22.0. The molecule has 0 N–H and O–H groups in total. The molecule has 2 heterocycles. The van der Waals surface area contributed by atoms with Crippen molar-refractivity contribution in [3.8, 4) is 0 Å². The molecule has 4 rings (SSSR count). The maximum atomic E-state index is 12.5. The van der Waals surface area contributed by atoms with Crippen LogP contribution in [0.25, 0.3) is 34.0 Å². The van der Waals surface area contributed by atoms with Gasteiger partial charge >= 0.3 is 5.63 Å². The lowest BCUT2D eigenvalue weighted by Crippen LogP contribution is -3.00. The number of aryl methyl sites for hydroxylation is 1. The highest BCUT2D eigenvalue weighted by Gasteiger charge is 2.10. The first-order valence-electron chi connectivity index (χ1n) is 9.99. The van der Waals surface area contributed by atoms with Gasteiger partial charge in [-0.25, -0.2) is 4.79 Å². The van der Waals surface area contributed by atoms with Crippen LogP contribution >= 0.6 is 0 Å². The number of aromatic nitrogens is 1. The van der Waals surface area contributed by atoms with Gasteiger partial charge in [0, 0.05) is 53.8 Å². The van der Waals surface area contributed by atoms with Crippen molar-refractivity contribution in [2.24, 2.45) is 7.05 Å². The molecule has 0 atom stereocenters. The second-order valence-electron chi connectivity index (χ2n) is 7.09. The fourth-order valence-electron chi connectivity index (χ4n) is 3.72. The molecule has 4 nitrogen and oxygen atoms in total. The molecule has 2 aromatic carbocycles. The summed E-state index contributed by atoms with van der Waals surface area (Å²) < 4.78 is 7.74. The van der Waals surface area contributed by atoms with Gasteiger partial charge in [0.05, 0.1) is 5.56 Å². The van der Waals surface area contributed by atoms with Gasteiger partial charge in [-0.3, -0.25) is 0 Å². The van der Waals surface area contributed by atoms with Gasteiger partial charge < -0.3 is 33.3 Å². The Hall–Kier alpha value is -2.67. The lowest BCUT2D eigenvalue weighted by atomic mass is 10.1. The minimum atomic E-state index is -0.325. The van der Waals surface area contributed by atoms with E-state index in [0.29, 0.717) is 11.1 Å². The normalized spacial score (nSPS) is 11.2. The summed E-state index contributed by atoms with van der Waals surface area (Å²) >= 11 is 0. The number of nitrogens with zero attached hydrogens (tertiary/aromatic N) is 2. The molecule has 2 aromatic heterocycles. The number of pyridine rings is 1. The van der Waals surface area contributed by atoms with Crippen LogP contribution in [0.4, 0.5) is 5.69 Å². The van der Waals surface area contributed by atoms with Crippen LogP contribution in [-0.4, -0.2) is 13.1 Å². The average Bonchev–Trinajstić information content (AvgIpc) is 2.74. The zero-order chi connectivity index (χ0) is 20.4. The lowest BCUT2D eigenvalue weighted by Gasteiger charge is -2.20. The second-order valence-corrected chi connectivity index (χ2v) is 7.09. The Bertz CT molecular complexity index is 1270. The Morgan fingerprint density at radius 2 is 1.67 bits per heavy atom. The SMILES string of the molecule is CCN(CC)c1ccc2cc(/C=C/c3ccc4ccccc4[n+]3C)c(=O)oc2c1.[I-]. The zero-order valence-electron chi connectivity index (χ0n) is 17.4. The molecular weight excluding hydrogens is 487 g/mol. The van der Waals surface area contributed by atoms with Crippen molar-refractivity contribution in [3.63, 3.8) is 0 Å². The third kappa shape index (κ3) is 4.26. The highest BCUT2D eigenvalue weighted by Crippen LogP contribution is 2.22. The number of anilines is 1. The summed E-state index contributed by atoms with van der Waals surface area (Å²) in [7, 11) is 2.03. The van der Waals surface area contributed by atoms with Gasteiger partial charge in [0.25, 0.3) is 0 Å². The molecule has 0 aliphatic carbocycles. The highest BCUT2D eigenvalue weighted by molar-refractivity contribution is 5.83. The molecule has 0 fully saturated rings. The summed E-state index contributed by atoms with van der Waals surface area (Å²) in [5.74, 6) is 0. The van der Waals surface area contributed by atoms with Crippen molar-refractivity contribution in [2.75, 3.05) is 18.0 Å². The van der Waals surface area contributed by atoms with Crippen molar-refractivity contribution < 1.29 is 33.0 Å². The molecule has 0 unspecified atom stereocenters. The molecule has 0 aliphatic rings. The summed E-state index contributed by atoms with van der Waals surface area (Å²) in [6, 6.07) is 20.3. The van der Waals surface area contributed by atoms with Crippen molar-refractivity contribution in [1.29, 1.82) is 0 Å². The van der Waals surface area contributed by atoms with Crippen LogP contribution < -0.4 is 39.1 Å². The molecule has 0 saturated heterocycles. The van der Waals surface area contributed by atoms with Gasteiger partial charge in [0.2, 0.25) is 11.2 Å². The number of hydrogen-bond donors (Lipinski definition) is 0. The molecule has 0 aliphatic heterocycles. The number of fused-ring (bicyclic) bond motifs is 2. The van der Waals surface area contributed by atoms with E-state index in [0.717, 1.165) is 35.4 Å². The monoisotopic (exact) mass is 512 g/mol. The van der Waals surface area contributed by atoms with E-state index in [4.69, 9.17) is 4.42 Å². The third-order valence-electron chi connectivity index (χ3n) is 5.43. The van der Waals surface area contributed by atoms with E-state index in [2.05, 4.69) is 53.6 Å². The van der Waals surface area contributed by atoms with Gasteiger partial charge in [-0.15, -0.1) is 0 Å². The van der Waals surface area contributed by atoms with Crippen molar-refractivity contribution in [1.82, 2.24) is 0 Å². The number of para-hydroxylation sites is 1. The predicted octanol–water partition coefficient (Wildman–Crippen LogP) is 1.79. The lowest BCUT2D eigenvalue weighted by molar-refractivity contribution is -0.646. The summed E-state index contributed by atoms with van der Waals surface area (Å²) in [6.45, 7) is 6.06. The van der Waals surface area contributed by atoms with E-state index < -0.39 is 0 Å². The largest absolute Gasteiger partial charge is 1.00 e. The standard InChI is InChI=1S/C25H25N2O2.HI/c1-4-27(5-2)22-15-11-19-16-20(25(28)29-24(19)17-22)12-14-21-13-10-18-8-6-7-9-23(18)26(21)3;/h6-17H,4-5H2,1-3H3;1H/q+1;/p-1. The smallest absolute Gasteiger partial charge is 0.343 e. The Kier molecular flexibility index (Phi) is 6.92. The van der Waals surface area contributed by atoms with Gasteiger partial charge in [0.1, 0.15) is 12.6 Å². The molecule has 0 amide bonds. The molecule has 0 spiro atoms. The van der Waals surface area contributed by atoms with E-state index in [1.165, 1.54) is 5.39 Å². The van der Waals surface area contributed by atoms with E-state index in [9.17, 15) is 4.79 Å². The van der Waals surface area contributed by atoms with E-state index in [1.807, 2.05) is 49.5 Å². The Morgan fingerprint density at radius 3 is 2.43 bits per heavy atom. The molecule has 0 radical (unpaired) electrons. The molecule has 5 heteroatoms. The quantitative estimate of drug-likeness (QED) is 0.233. The Balaban J connectivity index is 0.00000256. The summed E-state index contributed by atoms with van der Waals surface area (Å²) in [5.41, 5.74) is 4.06. The summed E-state index contributed by atoms with van der Waals surface area (Å²) in [5, 5.41) is 2.10. The maximum Gasteiger partial charge on any atom is 0.343 e. The van der Waals surface area contributed by atoms with E-state index in [-0.39, 0.29) is 29.6 Å². The van der Waals surface area contributed by atoms with Crippen LogP contribution in [-0.2, 0) is 7.05 Å². The Labute approximate surface area is 193 Å². The molecule has 4 aromatic rings. The number of rotatable bonds is 5.